The zero-order valence-corrected chi connectivity index (χ0v) is 22.6. The Morgan fingerprint density at radius 3 is 2.39 bits per heavy atom. The van der Waals surface area contributed by atoms with Gasteiger partial charge in [0.1, 0.15) is 6.10 Å². The summed E-state index contributed by atoms with van der Waals surface area (Å²) in [5, 5.41) is 19.6. The van der Waals surface area contributed by atoms with E-state index in [-0.39, 0.29) is 59.4 Å². The maximum absolute atomic E-state index is 12.3. The second-order valence-electron chi connectivity index (χ2n) is 12.5. The Labute approximate surface area is 214 Å². The van der Waals surface area contributed by atoms with E-state index in [2.05, 4.69) is 20.8 Å². The van der Waals surface area contributed by atoms with E-state index in [1.807, 2.05) is 0 Å². The number of carbonyl (C=O) groups is 2. The topological polar surface area (TPSA) is 147 Å². The minimum absolute atomic E-state index is 0.00532. The molecule has 4 fully saturated rings. The number of hydrogen-bond acceptors (Lipinski definition) is 7. The fourth-order valence-corrected chi connectivity index (χ4v) is 9.78. The van der Waals surface area contributed by atoms with Gasteiger partial charge in [0.05, 0.1) is 12.2 Å². The van der Waals surface area contributed by atoms with Crippen LogP contribution in [0, 0.1) is 46.3 Å². The van der Waals surface area contributed by atoms with Gasteiger partial charge in [-0.2, -0.15) is 8.42 Å². The highest BCUT2D eigenvalue weighted by Crippen LogP contribution is 2.69. The van der Waals surface area contributed by atoms with Crippen LogP contribution >= 0.6 is 0 Å². The van der Waals surface area contributed by atoms with Crippen LogP contribution < -0.4 is 0 Å². The van der Waals surface area contributed by atoms with Gasteiger partial charge in [-0.3, -0.25) is 14.1 Å². The Morgan fingerprint density at radius 2 is 1.78 bits per heavy atom. The van der Waals surface area contributed by atoms with Crippen molar-refractivity contribution in [1.29, 1.82) is 0 Å². The van der Waals surface area contributed by atoms with Crippen LogP contribution in [0.25, 0.3) is 0 Å². The number of aliphatic hydroxyl groups excluding tert-OH is 1. The van der Waals surface area contributed by atoms with E-state index >= 15 is 0 Å². The fourth-order valence-electron chi connectivity index (χ4n) is 9.26. The molecule has 9 nitrogen and oxygen atoms in total. The number of aliphatic hydroxyl groups is 1. The molecular formula is C26H42O9S. The average Bonchev–Trinajstić information content (AvgIpc) is 3.10. The number of ether oxygens (including phenoxy) is 1. The molecule has 0 aromatic heterocycles. The Kier molecular flexibility index (Phi) is 7.58. The maximum atomic E-state index is 12.3. The second kappa shape index (κ2) is 9.82. The second-order valence-corrected chi connectivity index (χ2v) is 13.6. The average molecular weight is 531 g/mol. The molecule has 4 rings (SSSR count). The van der Waals surface area contributed by atoms with E-state index in [1.54, 1.807) is 0 Å². The van der Waals surface area contributed by atoms with Crippen LogP contribution in [0.5, 0.6) is 0 Å². The molecule has 206 valence electrons. The van der Waals surface area contributed by atoms with Crippen LogP contribution in [0.15, 0.2) is 0 Å². The number of carboxylic acid groups (broad SMARTS) is 1. The maximum Gasteiger partial charge on any atom is 0.397 e. The van der Waals surface area contributed by atoms with Gasteiger partial charge in [-0.15, -0.1) is 0 Å². The summed E-state index contributed by atoms with van der Waals surface area (Å²) >= 11 is 0. The molecule has 0 spiro atoms. The first kappa shape index (κ1) is 27.8. The molecule has 0 aromatic rings. The molecule has 0 aromatic carbocycles. The van der Waals surface area contributed by atoms with Crippen LogP contribution in [0.1, 0.15) is 85.5 Å². The number of esters is 1. The van der Waals surface area contributed by atoms with Crippen LogP contribution in [-0.2, 0) is 28.9 Å². The van der Waals surface area contributed by atoms with Gasteiger partial charge in [0.2, 0.25) is 0 Å². The normalized spacial score (nSPS) is 45.2. The van der Waals surface area contributed by atoms with Gasteiger partial charge in [-0.1, -0.05) is 20.8 Å². The van der Waals surface area contributed by atoms with E-state index in [0.29, 0.717) is 32.1 Å². The van der Waals surface area contributed by atoms with Gasteiger partial charge in [0.15, 0.2) is 0 Å². The number of rotatable bonds is 7. The van der Waals surface area contributed by atoms with Crippen molar-refractivity contribution in [3.63, 3.8) is 0 Å². The first-order valence-electron chi connectivity index (χ1n) is 13.4. The Bertz CT molecular complexity index is 966. The van der Waals surface area contributed by atoms with E-state index in [9.17, 15) is 32.8 Å². The molecule has 0 radical (unpaired) electrons. The molecule has 4 aliphatic carbocycles. The fraction of sp³-hybridized carbons (Fsp3) is 0.923. The number of carboxylic acids is 1. The standard InChI is InChI=1S/C26H42O9S/c1-14(5-8-23(29)30)18-6-7-19-24-20(13-22(26(18,19)4)34-15(2)27)25(3)10-9-17(28)11-16(25)12-21(24)35-36(31,32)33/h14,16-22,24,28H,5-13H2,1-4H3,(H,29,30)(H,31,32,33)/t14-,16+,17-,18-,19+,20+,21-,22+,24+,25+,26-/m1/s1. The quantitative estimate of drug-likeness (QED) is 0.330. The summed E-state index contributed by atoms with van der Waals surface area (Å²) in [4.78, 5) is 23.5. The molecule has 0 aliphatic heterocycles. The number of carbonyl (C=O) groups excluding carboxylic acids is 1. The zero-order valence-electron chi connectivity index (χ0n) is 21.8. The first-order valence-corrected chi connectivity index (χ1v) is 14.8. The molecule has 3 N–H and O–H groups in total. The molecule has 4 aliphatic rings. The molecule has 0 amide bonds. The van der Waals surface area contributed by atoms with E-state index in [4.69, 9.17) is 8.92 Å². The van der Waals surface area contributed by atoms with Gasteiger partial charge in [0, 0.05) is 18.8 Å². The summed E-state index contributed by atoms with van der Waals surface area (Å²) in [5.74, 6) is -1.13. The van der Waals surface area contributed by atoms with Crippen molar-refractivity contribution in [3.8, 4) is 0 Å². The lowest BCUT2D eigenvalue weighted by atomic mass is 9.43. The summed E-state index contributed by atoms with van der Waals surface area (Å²) in [5.41, 5.74) is -0.640. The molecule has 11 atom stereocenters. The summed E-state index contributed by atoms with van der Waals surface area (Å²) in [6.45, 7) is 7.82. The predicted molar refractivity (Wildman–Crippen MR) is 130 cm³/mol. The summed E-state index contributed by atoms with van der Waals surface area (Å²) in [6.07, 6.45) is 3.71. The van der Waals surface area contributed by atoms with Crippen molar-refractivity contribution in [2.24, 2.45) is 46.3 Å². The van der Waals surface area contributed by atoms with Crippen molar-refractivity contribution < 1.29 is 41.7 Å². The lowest BCUT2D eigenvalue weighted by Gasteiger charge is -2.64. The lowest BCUT2D eigenvalue weighted by Crippen LogP contribution is -2.63. The highest BCUT2D eigenvalue weighted by atomic mass is 32.3. The third-order valence-electron chi connectivity index (χ3n) is 10.8. The van der Waals surface area contributed by atoms with Gasteiger partial charge < -0.3 is 14.9 Å². The monoisotopic (exact) mass is 530 g/mol. The summed E-state index contributed by atoms with van der Waals surface area (Å²) < 4.78 is 45.0. The SMILES string of the molecule is CC(=O)O[C@H]1C[C@H]2[C@@H]([C@H](OS(=O)(=O)O)C[C@@H]3C[C@H](O)CC[C@@]32C)[C@@H]2CC[C@H]([C@H](C)CCC(=O)O)[C@@]12C. The van der Waals surface area contributed by atoms with Crippen molar-refractivity contribution >= 4 is 22.3 Å². The largest absolute Gasteiger partial charge is 0.481 e. The lowest BCUT2D eigenvalue weighted by molar-refractivity contribution is -0.213. The van der Waals surface area contributed by atoms with Gasteiger partial charge in [-0.25, -0.2) is 4.18 Å². The molecule has 10 heteroatoms. The van der Waals surface area contributed by atoms with Crippen molar-refractivity contribution in [2.75, 3.05) is 0 Å². The van der Waals surface area contributed by atoms with Gasteiger partial charge >= 0.3 is 22.3 Å². The first-order chi connectivity index (χ1) is 16.7. The highest BCUT2D eigenvalue weighted by molar-refractivity contribution is 7.80. The van der Waals surface area contributed by atoms with Gasteiger partial charge in [0.25, 0.3) is 0 Å². The molecule has 0 unspecified atom stereocenters. The van der Waals surface area contributed by atoms with Crippen molar-refractivity contribution in [1.82, 2.24) is 0 Å². The summed E-state index contributed by atoms with van der Waals surface area (Å²) in [6, 6.07) is 0. The summed E-state index contributed by atoms with van der Waals surface area (Å²) in [7, 11) is -4.69. The van der Waals surface area contributed by atoms with Gasteiger partial charge in [-0.05, 0) is 92.3 Å². The third kappa shape index (κ3) is 4.95. The Hall–Kier alpha value is -1.23. The Balaban J connectivity index is 1.76. The number of fused-ring (bicyclic) bond motifs is 5. The van der Waals surface area contributed by atoms with E-state index in [0.717, 1.165) is 19.3 Å². The van der Waals surface area contributed by atoms with Crippen LogP contribution in [0.4, 0.5) is 0 Å². The Morgan fingerprint density at radius 1 is 1.08 bits per heavy atom. The van der Waals surface area contributed by atoms with Crippen molar-refractivity contribution in [2.45, 2.75) is 104 Å². The van der Waals surface area contributed by atoms with Crippen molar-refractivity contribution in [3.05, 3.63) is 0 Å². The minimum atomic E-state index is -4.69. The van der Waals surface area contributed by atoms with E-state index in [1.165, 1.54) is 6.92 Å². The van der Waals surface area contributed by atoms with E-state index < -0.39 is 34.0 Å². The third-order valence-corrected chi connectivity index (χ3v) is 11.3. The predicted octanol–water partition coefficient (Wildman–Crippen LogP) is 3.85. The van der Waals surface area contributed by atoms with Crippen LogP contribution in [0.3, 0.4) is 0 Å². The van der Waals surface area contributed by atoms with Crippen LogP contribution in [0.2, 0.25) is 0 Å². The number of aliphatic carboxylic acids is 1. The molecule has 4 saturated carbocycles. The molecule has 0 saturated heterocycles. The molecule has 0 heterocycles. The minimum Gasteiger partial charge on any atom is -0.481 e. The highest BCUT2D eigenvalue weighted by Gasteiger charge is 2.67. The molecular weight excluding hydrogens is 488 g/mol. The zero-order chi connectivity index (χ0) is 26.6. The molecule has 0 bridgehead atoms. The van der Waals surface area contributed by atoms with Crippen LogP contribution in [-0.4, -0.2) is 53.4 Å². The number of hydrogen-bond donors (Lipinski definition) is 3. The smallest absolute Gasteiger partial charge is 0.397 e. The molecule has 36 heavy (non-hydrogen) atoms.